The van der Waals surface area contributed by atoms with E-state index in [-0.39, 0.29) is 18.9 Å². The molecule has 0 aromatic heterocycles. The molecule has 12 N–H and O–H groups in total. The highest BCUT2D eigenvalue weighted by molar-refractivity contribution is 5.76. The molecule has 3 aliphatic rings. The monoisotopic (exact) mass is 1350 g/mol. The van der Waals surface area contributed by atoms with E-state index >= 15 is 0 Å². The van der Waals surface area contributed by atoms with Gasteiger partial charge in [0.2, 0.25) is 5.91 Å². The summed E-state index contributed by atoms with van der Waals surface area (Å²) in [4.78, 5) is 13.4. The molecule has 0 radical (unpaired) electrons. The van der Waals surface area contributed by atoms with Crippen LogP contribution in [0.1, 0.15) is 296 Å². The van der Waals surface area contributed by atoms with Crippen LogP contribution in [0.2, 0.25) is 0 Å². The largest absolute Gasteiger partial charge is 0.394 e. The molecular weight excluding hydrogens is 1210 g/mol. The molecule has 3 saturated heterocycles. The number of unbranched alkanes of at least 4 members (excludes halogenated alkanes) is 38. The molecule has 3 fully saturated rings. The molecular formula is C76H139NO18. The zero-order valence-corrected chi connectivity index (χ0v) is 59.2. The molecule has 3 rings (SSSR count). The molecule has 19 heteroatoms. The van der Waals surface area contributed by atoms with Gasteiger partial charge in [0.25, 0.3) is 0 Å². The third-order valence-electron chi connectivity index (χ3n) is 19.1. The zero-order valence-electron chi connectivity index (χ0n) is 59.2. The van der Waals surface area contributed by atoms with Crippen molar-refractivity contribution in [2.75, 3.05) is 26.4 Å². The Morgan fingerprint density at radius 2 is 0.674 bits per heavy atom. The average molecular weight is 1350 g/mol. The molecule has 3 heterocycles. The first-order valence-electron chi connectivity index (χ1n) is 38.4. The van der Waals surface area contributed by atoms with E-state index < -0.39 is 124 Å². The van der Waals surface area contributed by atoms with Gasteiger partial charge in [0.1, 0.15) is 73.2 Å². The maximum atomic E-state index is 13.4. The van der Waals surface area contributed by atoms with Crippen LogP contribution in [0.25, 0.3) is 0 Å². The molecule has 1 amide bonds. The van der Waals surface area contributed by atoms with Crippen LogP contribution in [0.4, 0.5) is 0 Å². The summed E-state index contributed by atoms with van der Waals surface area (Å²) in [7, 11) is 0. The lowest BCUT2D eigenvalue weighted by molar-refractivity contribution is -0.379. The number of aliphatic hydroxyl groups excluding tert-OH is 11. The molecule has 0 bridgehead atoms. The molecule has 95 heavy (non-hydrogen) atoms. The van der Waals surface area contributed by atoms with E-state index in [1.54, 1.807) is 6.08 Å². The number of aliphatic hydroxyl groups is 11. The van der Waals surface area contributed by atoms with Crippen molar-refractivity contribution in [1.29, 1.82) is 0 Å². The number of allylic oxidation sites excluding steroid dienone is 7. The quantitative estimate of drug-likeness (QED) is 0.0199. The fraction of sp³-hybridized carbons (Fsp3) is 0.882. The first-order chi connectivity index (χ1) is 46.3. The van der Waals surface area contributed by atoms with Gasteiger partial charge in [0.05, 0.1) is 38.6 Å². The number of ether oxygens (including phenoxy) is 6. The van der Waals surface area contributed by atoms with Crippen molar-refractivity contribution >= 4 is 5.91 Å². The van der Waals surface area contributed by atoms with Crippen LogP contribution >= 0.6 is 0 Å². The summed E-state index contributed by atoms with van der Waals surface area (Å²) in [6.07, 6.45) is 43.9. The van der Waals surface area contributed by atoms with Gasteiger partial charge in [-0.25, -0.2) is 0 Å². The Labute approximate surface area is 573 Å². The molecule has 0 aliphatic carbocycles. The van der Waals surface area contributed by atoms with Gasteiger partial charge in [-0.3, -0.25) is 4.79 Å². The SMILES string of the molecule is CCCCCCCC/C=C\CCCCCCCCCCCC(=O)NC(COC1OC(CO)C(OC2OC(CO)C(OC3OC(CO)C(O)C(O)C3O)C(O)C2O)C(O)C1O)C(O)/C=C/CC/C=C/CC/C=C/CCCCCCCCCCCCCCCCCCCCCCC. The number of carbonyl (C=O) groups excluding carboxylic acids is 1. The van der Waals surface area contributed by atoms with Crippen LogP contribution in [0.5, 0.6) is 0 Å². The van der Waals surface area contributed by atoms with Gasteiger partial charge in [-0.1, -0.05) is 268 Å². The van der Waals surface area contributed by atoms with Crippen molar-refractivity contribution in [1.82, 2.24) is 5.32 Å². The second-order valence-corrected chi connectivity index (χ2v) is 27.4. The summed E-state index contributed by atoms with van der Waals surface area (Å²) >= 11 is 0. The summed E-state index contributed by atoms with van der Waals surface area (Å²) in [5, 5.41) is 121. The maximum absolute atomic E-state index is 13.4. The van der Waals surface area contributed by atoms with E-state index in [0.29, 0.717) is 12.8 Å². The number of hydrogen-bond acceptors (Lipinski definition) is 18. The Morgan fingerprint density at radius 3 is 1.05 bits per heavy atom. The van der Waals surface area contributed by atoms with E-state index in [1.807, 2.05) is 6.08 Å². The van der Waals surface area contributed by atoms with E-state index in [0.717, 1.165) is 57.8 Å². The summed E-state index contributed by atoms with van der Waals surface area (Å²) < 4.78 is 34.4. The lowest BCUT2D eigenvalue weighted by Gasteiger charge is -2.48. The number of amides is 1. The van der Waals surface area contributed by atoms with E-state index in [4.69, 9.17) is 28.4 Å². The summed E-state index contributed by atoms with van der Waals surface area (Å²) in [6, 6.07) is -0.999. The standard InChI is InChI=1S/C76H139NO18/c1-3-5-7-9-11-13-15-17-19-21-23-24-25-26-27-28-29-30-31-32-33-34-36-37-39-41-43-45-47-49-51-53-60(81)59(77-64(82)54-52-50-48-46-44-42-40-38-35-22-20-18-16-14-12-10-8-6-4-2)58-90-74-70(88)67(85)72(62(56-79)92-74)95-76-71(89)68(86)73(63(57-80)93-76)94-75-69(87)66(84)65(83)61(55-78)91-75/h18,20,36-37,43,45,51,53,59-63,65-76,78-81,83-89H,3-17,19,21-35,38-42,44,46-50,52,54-58H2,1-2H3,(H,77,82)/b20-18-,37-36+,45-43+,53-51+. The fourth-order valence-corrected chi connectivity index (χ4v) is 12.9. The van der Waals surface area contributed by atoms with E-state index in [9.17, 15) is 61.0 Å². The molecule has 19 nitrogen and oxygen atoms in total. The van der Waals surface area contributed by atoms with Gasteiger partial charge >= 0.3 is 0 Å². The molecule has 0 aromatic rings. The maximum Gasteiger partial charge on any atom is 0.220 e. The minimum Gasteiger partial charge on any atom is -0.394 e. The van der Waals surface area contributed by atoms with Crippen LogP contribution in [0.15, 0.2) is 48.6 Å². The predicted octanol–water partition coefficient (Wildman–Crippen LogP) is 11.7. The normalized spacial score (nSPS) is 27.4. The predicted molar refractivity (Wildman–Crippen MR) is 374 cm³/mol. The highest BCUT2D eigenvalue weighted by Crippen LogP contribution is 2.33. The minimum atomic E-state index is -1.98. The van der Waals surface area contributed by atoms with Crippen LogP contribution in [-0.2, 0) is 33.2 Å². The van der Waals surface area contributed by atoms with Gasteiger partial charge in [-0.05, 0) is 70.6 Å². The first kappa shape index (κ1) is 87.0. The molecule has 17 atom stereocenters. The molecule has 0 spiro atoms. The number of hydrogen-bond donors (Lipinski definition) is 12. The number of carbonyl (C=O) groups is 1. The van der Waals surface area contributed by atoms with Crippen LogP contribution in [0.3, 0.4) is 0 Å². The zero-order chi connectivity index (χ0) is 68.9. The second kappa shape index (κ2) is 57.4. The third kappa shape index (κ3) is 38.4. The van der Waals surface area contributed by atoms with Crippen molar-refractivity contribution in [3.8, 4) is 0 Å². The Morgan fingerprint density at radius 1 is 0.368 bits per heavy atom. The highest BCUT2D eigenvalue weighted by atomic mass is 16.8. The van der Waals surface area contributed by atoms with Gasteiger partial charge in [0.15, 0.2) is 18.9 Å². The Bertz CT molecular complexity index is 1910. The Kier molecular flexibility index (Phi) is 52.5. The fourth-order valence-electron chi connectivity index (χ4n) is 12.9. The van der Waals surface area contributed by atoms with E-state index in [1.165, 1.54) is 205 Å². The first-order valence-corrected chi connectivity index (χ1v) is 38.4. The second-order valence-electron chi connectivity index (χ2n) is 27.4. The molecule has 3 aliphatic heterocycles. The van der Waals surface area contributed by atoms with Crippen LogP contribution < -0.4 is 5.32 Å². The summed E-state index contributed by atoms with van der Waals surface area (Å²) in [6.45, 7) is 1.73. The summed E-state index contributed by atoms with van der Waals surface area (Å²) in [5.41, 5.74) is 0. The molecule has 17 unspecified atom stereocenters. The topological polar surface area (TPSA) is 307 Å². The highest BCUT2D eigenvalue weighted by Gasteiger charge is 2.53. The van der Waals surface area contributed by atoms with Crippen molar-refractivity contribution in [3.63, 3.8) is 0 Å². The smallest absolute Gasteiger partial charge is 0.220 e. The van der Waals surface area contributed by atoms with E-state index in [2.05, 4.69) is 55.6 Å². The van der Waals surface area contributed by atoms with Crippen molar-refractivity contribution in [3.05, 3.63) is 48.6 Å². The van der Waals surface area contributed by atoms with Crippen LogP contribution in [0, 0.1) is 0 Å². The third-order valence-corrected chi connectivity index (χ3v) is 19.1. The van der Waals surface area contributed by atoms with Gasteiger partial charge in [0, 0.05) is 6.42 Å². The van der Waals surface area contributed by atoms with Gasteiger partial charge in [-0.15, -0.1) is 0 Å². The average Bonchev–Trinajstić information content (AvgIpc) is 0.787. The molecule has 0 saturated carbocycles. The summed E-state index contributed by atoms with van der Waals surface area (Å²) in [5.74, 6) is -0.290. The Hall–Kier alpha value is -2.25. The lowest BCUT2D eigenvalue weighted by Crippen LogP contribution is -2.66. The molecule has 556 valence electrons. The number of nitrogens with one attached hydrogen (secondary N) is 1. The number of rotatable bonds is 60. The molecule has 0 aromatic carbocycles. The van der Waals surface area contributed by atoms with Crippen LogP contribution in [-0.4, -0.2) is 193 Å². The Balaban J connectivity index is 1.41. The van der Waals surface area contributed by atoms with Gasteiger partial charge in [-0.2, -0.15) is 0 Å². The van der Waals surface area contributed by atoms with Crippen molar-refractivity contribution in [2.24, 2.45) is 0 Å². The van der Waals surface area contributed by atoms with Crippen molar-refractivity contribution in [2.45, 2.75) is 401 Å². The van der Waals surface area contributed by atoms with Crippen molar-refractivity contribution < 1.29 is 89.4 Å². The minimum absolute atomic E-state index is 0.230. The van der Waals surface area contributed by atoms with Gasteiger partial charge < -0.3 is 89.9 Å². The lowest BCUT2D eigenvalue weighted by atomic mass is 9.96.